The predicted octanol–water partition coefficient (Wildman–Crippen LogP) is 1.35. The van der Waals surface area contributed by atoms with Crippen LogP contribution in [0.15, 0.2) is 4.99 Å². The molecule has 0 aliphatic heterocycles. The molecule has 0 aromatic rings. The predicted molar refractivity (Wildman–Crippen MR) is 37.0 cm³/mol. The Morgan fingerprint density at radius 1 is 1.75 bits per heavy atom. The average Bonchev–Trinajstić information content (AvgIpc) is 1.67. The van der Waals surface area contributed by atoms with E-state index in [0.717, 1.165) is 0 Å². The zero-order valence-electron chi connectivity index (χ0n) is 5.44. The second-order valence-electron chi connectivity index (χ2n) is 2.41. The van der Waals surface area contributed by atoms with Crippen molar-refractivity contribution in [2.24, 2.45) is 10.4 Å². The maximum absolute atomic E-state index is 5.15. The molecule has 0 radical (unpaired) electrons. The summed E-state index contributed by atoms with van der Waals surface area (Å²) in [6, 6.07) is 0. The molecule has 0 unspecified atom stereocenters. The lowest BCUT2D eigenvalue weighted by Gasteiger charge is -2.11. The van der Waals surface area contributed by atoms with Crippen molar-refractivity contribution in [1.29, 1.82) is 0 Å². The second-order valence-corrected chi connectivity index (χ2v) is 2.41. The Bertz CT molecular complexity index is 117. The summed E-state index contributed by atoms with van der Waals surface area (Å²) in [5.41, 5.74) is -0.109. The molecule has 0 N–H and O–H groups in total. The third kappa shape index (κ3) is 2.41. The molecule has 0 atom stereocenters. The van der Waals surface area contributed by atoms with E-state index in [-0.39, 0.29) is 5.41 Å². The van der Waals surface area contributed by atoms with Gasteiger partial charge in [-0.3, -0.25) is 4.99 Å². The van der Waals surface area contributed by atoms with Crippen LogP contribution in [0.1, 0.15) is 13.8 Å². The lowest BCUT2D eigenvalue weighted by Crippen LogP contribution is -2.11. The number of hydrogen-bond acceptors (Lipinski definition) is 1. The van der Waals surface area contributed by atoms with Gasteiger partial charge >= 0.3 is 0 Å². The highest BCUT2D eigenvalue weighted by Gasteiger charge is 2.10. The van der Waals surface area contributed by atoms with Gasteiger partial charge < -0.3 is 0 Å². The molecule has 0 spiro atoms. The molecule has 0 amide bonds. The summed E-state index contributed by atoms with van der Waals surface area (Å²) in [5.74, 6) is 2.61. The van der Waals surface area contributed by atoms with Crippen molar-refractivity contribution < 1.29 is 0 Å². The van der Waals surface area contributed by atoms with Crippen LogP contribution in [-0.2, 0) is 0 Å². The molecule has 0 fully saturated rings. The highest BCUT2D eigenvalue weighted by molar-refractivity contribution is 5.24. The number of terminal acetylenes is 1. The van der Waals surface area contributed by atoms with Gasteiger partial charge in [0.15, 0.2) is 0 Å². The van der Waals surface area contributed by atoms with Crippen molar-refractivity contribution in [3.8, 4) is 12.3 Å². The van der Waals surface area contributed by atoms with Crippen molar-refractivity contribution in [1.82, 2.24) is 0 Å². The summed E-state index contributed by atoms with van der Waals surface area (Å²) in [6.45, 7) is 7.91. The van der Waals surface area contributed by atoms with Crippen molar-refractivity contribution in [3.63, 3.8) is 0 Å². The molecule has 0 heterocycles. The monoisotopic (exact) mass is 109 g/mol. The zero-order chi connectivity index (χ0) is 6.62. The van der Waals surface area contributed by atoms with Gasteiger partial charge in [-0.25, -0.2) is 0 Å². The first-order chi connectivity index (χ1) is 3.62. The van der Waals surface area contributed by atoms with Crippen molar-refractivity contribution >= 4 is 6.72 Å². The van der Waals surface area contributed by atoms with E-state index in [4.69, 9.17) is 6.42 Å². The Morgan fingerprint density at radius 2 is 2.25 bits per heavy atom. The van der Waals surface area contributed by atoms with Crippen molar-refractivity contribution in [2.75, 3.05) is 6.54 Å². The number of aliphatic imine (C=N–C) groups is 1. The lowest BCUT2D eigenvalue weighted by molar-refractivity contribution is 0.522. The molecule has 0 saturated heterocycles. The summed E-state index contributed by atoms with van der Waals surface area (Å²) in [7, 11) is 0. The van der Waals surface area contributed by atoms with Crippen LogP contribution in [0, 0.1) is 17.8 Å². The van der Waals surface area contributed by atoms with Crippen molar-refractivity contribution in [2.45, 2.75) is 13.8 Å². The molecule has 0 aromatic heterocycles. The third-order valence-corrected chi connectivity index (χ3v) is 0.898. The minimum absolute atomic E-state index is 0.109. The Morgan fingerprint density at radius 3 is 2.38 bits per heavy atom. The fraction of sp³-hybridized carbons (Fsp3) is 0.571. The van der Waals surface area contributed by atoms with Gasteiger partial charge in [-0.1, -0.05) is 5.92 Å². The van der Waals surface area contributed by atoms with E-state index in [1.54, 1.807) is 0 Å². The van der Waals surface area contributed by atoms with E-state index in [1.807, 2.05) is 13.8 Å². The normalized spacial score (nSPS) is 10.1. The molecule has 0 saturated carbocycles. The smallest absolute Gasteiger partial charge is 0.0542 e. The summed E-state index contributed by atoms with van der Waals surface area (Å²) < 4.78 is 0. The fourth-order valence-electron chi connectivity index (χ4n) is 0.325. The molecule has 0 rings (SSSR count). The average molecular weight is 109 g/mol. The molecule has 0 aromatic carbocycles. The quantitative estimate of drug-likeness (QED) is 0.375. The van der Waals surface area contributed by atoms with Crippen molar-refractivity contribution in [3.05, 3.63) is 0 Å². The molecule has 1 nitrogen and oxygen atoms in total. The van der Waals surface area contributed by atoms with E-state index in [0.29, 0.717) is 6.54 Å². The molecule has 0 aliphatic carbocycles. The lowest BCUT2D eigenvalue weighted by atomic mass is 9.96. The molecule has 0 bridgehead atoms. The molecule has 44 valence electrons. The van der Waals surface area contributed by atoms with Gasteiger partial charge in [0.05, 0.1) is 6.54 Å². The van der Waals surface area contributed by atoms with Gasteiger partial charge in [0, 0.05) is 5.41 Å². The molecule has 1 heteroatoms. The van der Waals surface area contributed by atoms with E-state index in [1.165, 1.54) is 0 Å². The van der Waals surface area contributed by atoms with Crippen LogP contribution >= 0.6 is 0 Å². The Labute approximate surface area is 50.8 Å². The Hall–Kier alpha value is -0.770. The fourth-order valence-corrected chi connectivity index (χ4v) is 0.325. The summed E-state index contributed by atoms with van der Waals surface area (Å²) in [5, 5.41) is 0. The SMILES string of the molecule is C#CC(C)(C)CN=C. The first-order valence-corrected chi connectivity index (χ1v) is 2.52. The van der Waals surface area contributed by atoms with Crippen LogP contribution in [0.25, 0.3) is 0 Å². The molecule has 0 aliphatic rings. The van der Waals surface area contributed by atoms with Gasteiger partial charge in [0.25, 0.3) is 0 Å². The largest absolute Gasteiger partial charge is 0.299 e. The van der Waals surface area contributed by atoms with Gasteiger partial charge in [0.1, 0.15) is 0 Å². The van der Waals surface area contributed by atoms with Crippen LogP contribution in [0.3, 0.4) is 0 Å². The molecular weight excluding hydrogens is 98.1 g/mol. The number of nitrogens with zero attached hydrogens (tertiary/aromatic N) is 1. The number of hydrogen-bond donors (Lipinski definition) is 0. The summed E-state index contributed by atoms with van der Waals surface area (Å²) in [4.78, 5) is 3.69. The Kier molecular flexibility index (Phi) is 2.27. The number of rotatable bonds is 2. The minimum atomic E-state index is -0.109. The first kappa shape index (κ1) is 7.23. The third-order valence-electron chi connectivity index (χ3n) is 0.898. The topological polar surface area (TPSA) is 12.4 Å². The first-order valence-electron chi connectivity index (χ1n) is 2.52. The highest BCUT2D eigenvalue weighted by atomic mass is 14.7. The minimum Gasteiger partial charge on any atom is -0.299 e. The highest BCUT2D eigenvalue weighted by Crippen LogP contribution is 2.11. The van der Waals surface area contributed by atoms with Gasteiger partial charge in [-0.05, 0) is 20.6 Å². The standard InChI is InChI=1S/C7H11N/c1-5-7(2,3)6-8-4/h1H,4,6H2,2-3H3. The van der Waals surface area contributed by atoms with Crippen LogP contribution in [0.5, 0.6) is 0 Å². The van der Waals surface area contributed by atoms with Gasteiger partial charge in [-0.15, -0.1) is 6.42 Å². The summed E-state index contributed by atoms with van der Waals surface area (Å²) >= 11 is 0. The van der Waals surface area contributed by atoms with E-state index >= 15 is 0 Å². The maximum Gasteiger partial charge on any atom is 0.0542 e. The van der Waals surface area contributed by atoms with E-state index in [2.05, 4.69) is 17.6 Å². The maximum atomic E-state index is 5.15. The van der Waals surface area contributed by atoms with Crippen LogP contribution in [0.4, 0.5) is 0 Å². The van der Waals surface area contributed by atoms with E-state index in [9.17, 15) is 0 Å². The summed E-state index contributed by atoms with van der Waals surface area (Å²) in [6.07, 6.45) is 5.15. The van der Waals surface area contributed by atoms with Crippen LogP contribution < -0.4 is 0 Å². The van der Waals surface area contributed by atoms with Crippen LogP contribution in [0.2, 0.25) is 0 Å². The second kappa shape index (κ2) is 2.52. The zero-order valence-corrected chi connectivity index (χ0v) is 5.44. The van der Waals surface area contributed by atoms with Gasteiger partial charge in [0.2, 0.25) is 0 Å². The van der Waals surface area contributed by atoms with Gasteiger partial charge in [-0.2, -0.15) is 0 Å². The molecular formula is C7H11N. The van der Waals surface area contributed by atoms with E-state index < -0.39 is 0 Å². The Balaban J connectivity index is 3.76. The molecule has 8 heavy (non-hydrogen) atoms. The van der Waals surface area contributed by atoms with Crippen LogP contribution in [-0.4, -0.2) is 13.3 Å².